The Kier molecular flexibility index (Phi) is 5.67. The Bertz CT molecular complexity index is 1210. The fourth-order valence-corrected chi connectivity index (χ4v) is 3.99. The second-order valence-corrected chi connectivity index (χ2v) is 7.87. The highest BCUT2D eigenvalue weighted by Crippen LogP contribution is 2.40. The molecule has 5 nitrogen and oxygen atoms in total. The van der Waals surface area contributed by atoms with E-state index in [1.165, 1.54) is 12.1 Å². The predicted octanol–water partition coefficient (Wildman–Crippen LogP) is 5.15. The number of nitriles is 1. The second-order valence-electron chi connectivity index (χ2n) is 7.04. The van der Waals surface area contributed by atoms with Crippen LogP contribution in [0.4, 0.5) is 30.2 Å². The molecule has 31 heavy (non-hydrogen) atoms. The number of nitrogens with zero attached hydrogens (tertiary/aromatic N) is 2. The highest BCUT2D eigenvalue weighted by molar-refractivity contribution is 7.80. The molecule has 1 unspecified atom stereocenters. The molecular weight excluding hydrogens is 427 g/mol. The molecule has 1 fully saturated rings. The summed E-state index contributed by atoms with van der Waals surface area (Å²) in [7, 11) is 0. The lowest BCUT2D eigenvalue weighted by molar-refractivity contribution is 0.510. The van der Waals surface area contributed by atoms with E-state index < -0.39 is 34.4 Å². The number of hydrogen-bond donors (Lipinski definition) is 1. The average molecular weight is 442 g/mol. The maximum atomic E-state index is 14.8. The molecule has 0 spiro atoms. The summed E-state index contributed by atoms with van der Waals surface area (Å²) in [4.78, 5) is 0. The Morgan fingerprint density at radius 3 is 2.26 bits per heavy atom. The van der Waals surface area contributed by atoms with E-state index in [1.54, 1.807) is 30.3 Å². The molecule has 9 heteroatoms. The molecule has 0 aromatic heterocycles. The van der Waals surface area contributed by atoms with Gasteiger partial charge in [-0.1, -0.05) is 18.2 Å². The molecular formula is C22H15F3N3O2S-. The molecule has 0 bridgehead atoms. The Morgan fingerprint density at radius 1 is 1.00 bits per heavy atom. The van der Waals surface area contributed by atoms with Crippen molar-refractivity contribution in [3.05, 3.63) is 77.6 Å². The van der Waals surface area contributed by atoms with Crippen molar-refractivity contribution in [2.45, 2.75) is 18.9 Å². The first-order chi connectivity index (χ1) is 14.9. The van der Waals surface area contributed by atoms with E-state index in [0.717, 1.165) is 16.4 Å². The summed E-state index contributed by atoms with van der Waals surface area (Å²) in [5, 5.41) is 11.4. The maximum absolute atomic E-state index is 14.8. The molecule has 4 rings (SSSR count). The van der Waals surface area contributed by atoms with Gasteiger partial charge in [-0.25, -0.2) is 13.2 Å². The Labute approximate surface area is 179 Å². The van der Waals surface area contributed by atoms with Crippen LogP contribution in [0.2, 0.25) is 0 Å². The van der Waals surface area contributed by atoms with Gasteiger partial charge in [-0.05, 0) is 60.4 Å². The second kappa shape index (κ2) is 8.41. The zero-order valence-electron chi connectivity index (χ0n) is 15.9. The van der Waals surface area contributed by atoms with Crippen molar-refractivity contribution in [2.75, 3.05) is 9.62 Å². The van der Waals surface area contributed by atoms with Gasteiger partial charge in [0.05, 0.1) is 23.0 Å². The van der Waals surface area contributed by atoms with E-state index in [-0.39, 0.29) is 17.4 Å². The third-order valence-corrected chi connectivity index (χ3v) is 5.74. The minimum atomic E-state index is -2.70. The lowest BCUT2D eigenvalue weighted by Crippen LogP contribution is -2.28. The highest BCUT2D eigenvalue weighted by Gasteiger charge is 2.33. The van der Waals surface area contributed by atoms with Crippen molar-refractivity contribution in [1.82, 2.24) is 0 Å². The zero-order valence-corrected chi connectivity index (χ0v) is 16.8. The van der Waals surface area contributed by atoms with Gasteiger partial charge in [0.2, 0.25) is 0 Å². The topological polar surface area (TPSA) is 79.2 Å². The summed E-state index contributed by atoms with van der Waals surface area (Å²) >= 11 is -2.70. The van der Waals surface area contributed by atoms with Gasteiger partial charge in [-0.3, -0.25) is 8.51 Å². The molecule has 1 saturated carbocycles. The van der Waals surface area contributed by atoms with E-state index in [9.17, 15) is 21.9 Å². The van der Waals surface area contributed by atoms with Gasteiger partial charge in [0.25, 0.3) is 0 Å². The van der Waals surface area contributed by atoms with Crippen molar-refractivity contribution in [3.63, 3.8) is 0 Å². The Balaban J connectivity index is 1.70. The van der Waals surface area contributed by atoms with Gasteiger partial charge in [0.1, 0.15) is 11.5 Å². The fourth-order valence-electron chi connectivity index (χ4n) is 3.22. The van der Waals surface area contributed by atoms with E-state index in [4.69, 9.17) is 5.26 Å². The molecule has 0 radical (unpaired) electrons. The van der Waals surface area contributed by atoms with E-state index in [0.29, 0.717) is 29.5 Å². The van der Waals surface area contributed by atoms with Crippen LogP contribution in [0.25, 0.3) is 11.1 Å². The average Bonchev–Trinajstić information content (AvgIpc) is 3.59. The summed E-state index contributed by atoms with van der Waals surface area (Å²) in [6.07, 6.45) is 1.19. The molecule has 158 valence electrons. The maximum Gasteiger partial charge on any atom is 0.184 e. The summed E-state index contributed by atoms with van der Waals surface area (Å²) in [6.45, 7) is 0. The number of benzene rings is 3. The quantitative estimate of drug-likeness (QED) is 0.536. The predicted molar refractivity (Wildman–Crippen MR) is 111 cm³/mol. The zero-order chi connectivity index (χ0) is 22.1. The SMILES string of the molecule is N#Cc1ccc(-c2ccc(Nc3c(N(C4CC4)S(=O)[O-])ccc(F)c3F)c(F)c2)cc1. The van der Waals surface area contributed by atoms with E-state index in [1.807, 2.05) is 6.07 Å². The summed E-state index contributed by atoms with van der Waals surface area (Å²) in [5.41, 5.74) is 0.964. The number of anilines is 3. The molecule has 1 N–H and O–H groups in total. The molecule has 3 aromatic carbocycles. The Morgan fingerprint density at radius 2 is 1.68 bits per heavy atom. The van der Waals surface area contributed by atoms with Crippen molar-refractivity contribution in [3.8, 4) is 17.2 Å². The summed E-state index contributed by atoms with van der Waals surface area (Å²) in [6, 6.07) is 14.3. The van der Waals surface area contributed by atoms with Crippen LogP contribution in [0.3, 0.4) is 0 Å². The molecule has 1 aliphatic rings. The molecule has 0 amide bonds. The van der Waals surface area contributed by atoms with Crippen LogP contribution < -0.4 is 9.62 Å². The van der Waals surface area contributed by atoms with Gasteiger partial charge in [0.15, 0.2) is 11.6 Å². The van der Waals surface area contributed by atoms with Gasteiger partial charge in [-0.15, -0.1) is 0 Å². The number of rotatable bonds is 6. The molecule has 1 atom stereocenters. The highest BCUT2D eigenvalue weighted by atomic mass is 32.2. The lowest BCUT2D eigenvalue weighted by atomic mass is 10.0. The van der Waals surface area contributed by atoms with E-state index >= 15 is 0 Å². The molecule has 1 aliphatic carbocycles. The van der Waals surface area contributed by atoms with Gasteiger partial charge in [0, 0.05) is 17.3 Å². The standard InChI is InChI=1S/C22H16F3N3O2S/c23-17-8-10-20(28(31(29)30)16-6-7-16)22(21(17)25)27-19-9-5-15(11-18(19)24)14-3-1-13(12-26)2-4-14/h1-5,8-11,16,27H,6-7H2,(H,29,30)/p-1. The number of hydrogen-bond acceptors (Lipinski definition) is 4. The van der Waals surface area contributed by atoms with Crippen LogP contribution >= 0.6 is 0 Å². The van der Waals surface area contributed by atoms with Crippen LogP contribution in [0, 0.1) is 28.8 Å². The van der Waals surface area contributed by atoms with Crippen molar-refractivity contribution in [1.29, 1.82) is 5.26 Å². The molecule has 0 heterocycles. The van der Waals surface area contributed by atoms with Crippen molar-refractivity contribution in [2.24, 2.45) is 0 Å². The first kappa shape index (κ1) is 20.9. The first-order valence-corrected chi connectivity index (χ1v) is 10.4. The molecule has 0 aliphatic heterocycles. The van der Waals surface area contributed by atoms with Crippen LogP contribution in [0.1, 0.15) is 18.4 Å². The Hall–Kier alpha value is -3.35. The van der Waals surface area contributed by atoms with Crippen molar-refractivity contribution >= 4 is 28.3 Å². The van der Waals surface area contributed by atoms with Crippen LogP contribution in [-0.2, 0) is 11.3 Å². The van der Waals surface area contributed by atoms with Crippen molar-refractivity contribution < 1.29 is 21.9 Å². The van der Waals surface area contributed by atoms with Crippen LogP contribution in [-0.4, -0.2) is 14.8 Å². The third-order valence-electron chi connectivity index (χ3n) is 4.93. The smallest absolute Gasteiger partial charge is 0.184 e. The fraction of sp³-hybridized carbons (Fsp3) is 0.136. The monoisotopic (exact) mass is 442 g/mol. The first-order valence-electron chi connectivity index (χ1n) is 9.32. The van der Waals surface area contributed by atoms with Crippen LogP contribution in [0.5, 0.6) is 0 Å². The minimum absolute atomic E-state index is 0.0923. The summed E-state index contributed by atoms with van der Waals surface area (Å²) in [5.74, 6) is -3.23. The number of halogens is 3. The summed E-state index contributed by atoms with van der Waals surface area (Å²) < 4.78 is 67.6. The van der Waals surface area contributed by atoms with E-state index in [2.05, 4.69) is 5.32 Å². The minimum Gasteiger partial charge on any atom is -0.755 e. The van der Waals surface area contributed by atoms with Gasteiger partial charge < -0.3 is 9.87 Å². The number of nitrogens with one attached hydrogen (secondary N) is 1. The molecule has 0 saturated heterocycles. The normalized spacial score (nSPS) is 14.0. The third kappa shape index (κ3) is 4.26. The lowest BCUT2D eigenvalue weighted by Gasteiger charge is -2.29. The van der Waals surface area contributed by atoms with Crippen LogP contribution in [0.15, 0.2) is 54.6 Å². The van der Waals surface area contributed by atoms with Gasteiger partial charge in [-0.2, -0.15) is 5.26 Å². The molecule has 3 aromatic rings. The van der Waals surface area contributed by atoms with Gasteiger partial charge >= 0.3 is 0 Å². The largest absolute Gasteiger partial charge is 0.755 e.